The van der Waals surface area contributed by atoms with Crippen molar-refractivity contribution in [3.05, 3.63) is 41.5 Å². The van der Waals surface area contributed by atoms with Gasteiger partial charge in [-0.25, -0.2) is 0 Å². The topological polar surface area (TPSA) is 106 Å². The molecule has 1 aliphatic heterocycles. The summed E-state index contributed by atoms with van der Waals surface area (Å²) in [5.41, 5.74) is -0.375. The lowest BCUT2D eigenvalue weighted by Gasteiger charge is -2.20. The number of hydrogen-bond donors (Lipinski definition) is 1. The van der Waals surface area contributed by atoms with Crippen LogP contribution in [0.3, 0.4) is 0 Å². The largest absolute Gasteiger partial charge is 0.485 e. The molecule has 0 radical (unpaired) electrons. The summed E-state index contributed by atoms with van der Waals surface area (Å²) in [5, 5.41) is 13.1. The summed E-state index contributed by atoms with van der Waals surface area (Å²) in [4.78, 5) is 29.6. The maximum Gasteiger partial charge on any atom is 0.311 e. The van der Waals surface area contributed by atoms with Gasteiger partial charge in [0.05, 0.1) is 5.41 Å². The molecule has 0 saturated carbocycles. The van der Waals surface area contributed by atoms with Gasteiger partial charge in [0.2, 0.25) is 11.7 Å². The normalized spacial score (nSPS) is 19.5. The molecule has 1 saturated heterocycles. The quantitative estimate of drug-likeness (QED) is 0.842. The summed E-state index contributed by atoms with van der Waals surface area (Å²) in [7, 11) is 0. The predicted molar refractivity (Wildman–Crippen MR) is 90.7 cm³/mol. The highest BCUT2D eigenvalue weighted by Gasteiger charge is 2.42. The third kappa shape index (κ3) is 3.68. The van der Waals surface area contributed by atoms with Crippen LogP contribution in [0.5, 0.6) is 5.75 Å². The Balaban J connectivity index is 1.59. The molecule has 0 bridgehead atoms. The van der Waals surface area contributed by atoms with Gasteiger partial charge in [0.1, 0.15) is 5.75 Å². The Bertz CT molecular complexity index is 801. The van der Waals surface area contributed by atoms with E-state index in [0.717, 1.165) is 0 Å². The van der Waals surface area contributed by atoms with Gasteiger partial charge in [-0.15, -0.1) is 0 Å². The van der Waals surface area contributed by atoms with Gasteiger partial charge in [0, 0.05) is 25.1 Å². The van der Waals surface area contributed by atoms with E-state index in [1.807, 2.05) is 6.92 Å². The van der Waals surface area contributed by atoms with Crippen LogP contribution in [-0.2, 0) is 17.8 Å². The number of hydrogen-bond acceptors (Lipinski definition) is 6. The van der Waals surface area contributed by atoms with E-state index < -0.39 is 11.4 Å². The van der Waals surface area contributed by atoms with Crippen LogP contribution < -0.4 is 4.74 Å². The third-order valence-electron chi connectivity index (χ3n) is 4.56. The Morgan fingerprint density at radius 3 is 2.65 bits per heavy atom. The standard InChI is InChI=1S/C18H21N3O5/c1-3-15-19-14(20-26-15)10-25-13-6-4-12(5-7-13)16(22)21-9-8-18(2,11-21)17(23)24/h4-7H,3,8-11H2,1-2H3,(H,23,24)/t18-/m1/s1. The number of aryl methyl sites for hydroxylation is 1. The number of benzene rings is 1. The van der Waals surface area contributed by atoms with Crippen LogP contribution in [0.25, 0.3) is 0 Å². The second-order valence-electron chi connectivity index (χ2n) is 6.61. The first-order valence-corrected chi connectivity index (χ1v) is 8.48. The van der Waals surface area contributed by atoms with E-state index in [1.54, 1.807) is 36.1 Å². The molecule has 3 rings (SSSR count). The van der Waals surface area contributed by atoms with Gasteiger partial charge in [0.25, 0.3) is 5.91 Å². The molecule has 1 atom stereocenters. The number of carbonyl (C=O) groups excluding carboxylic acids is 1. The lowest BCUT2D eigenvalue weighted by atomic mass is 9.90. The summed E-state index contributed by atoms with van der Waals surface area (Å²) in [6.07, 6.45) is 1.13. The zero-order chi connectivity index (χ0) is 18.7. The van der Waals surface area contributed by atoms with Gasteiger partial charge in [-0.1, -0.05) is 12.1 Å². The van der Waals surface area contributed by atoms with Crippen LogP contribution in [0.4, 0.5) is 0 Å². The molecule has 0 spiro atoms. The Morgan fingerprint density at radius 1 is 1.35 bits per heavy atom. The van der Waals surface area contributed by atoms with E-state index in [9.17, 15) is 14.7 Å². The summed E-state index contributed by atoms with van der Waals surface area (Å²) in [6.45, 7) is 4.43. The predicted octanol–water partition coefficient (Wildman–Crippen LogP) is 2.15. The van der Waals surface area contributed by atoms with Gasteiger partial charge in [0.15, 0.2) is 6.61 Å². The van der Waals surface area contributed by atoms with Gasteiger partial charge < -0.3 is 19.3 Å². The Hall–Kier alpha value is -2.90. The lowest BCUT2D eigenvalue weighted by molar-refractivity contribution is -0.147. The monoisotopic (exact) mass is 359 g/mol. The van der Waals surface area contributed by atoms with Crippen LogP contribution >= 0.6 is 0 Å². The fourth-order valence-corrected chi connectivity index (χ4v) is 2.83. The maximum absolute atomic E-state index is 12.5. The minimum atomic E-state index is -0.874. The highest BCUT2D eigenvalue weighted by atomic mass is 16.5. The highest BCUT2D eigenvalue weighted by Crippen LogP contribution is 2.31. The molecule has 1 N–H and O–H groups in total. The van der Waals surface area contributed by atoms with Gasteiger partial charge in [-0.05, 0) is 37.6 Å². The van der Waals surface area contributed by atoms with Crippen molar-refractivity contribution in [2.24, 2.45) is 5.41 Å². The zero-order valence-corrected chi connectivity index (χ0v) is 14.8. The number of carbonyl (C=O) groups is 2. The fraction of sp³-hybridized carbons (Fsp3) is 0.444. The molecule has 0 unspecified atom stereocenters. The molecule has 138 valence electrons. The van der Waals surface area contributed by atoms with Crippen molar-refractivity contribution in [2.45, 2.75) is 33.3 Å². The Labute approximate surface area is 150 Å². The first-order valence-electron chi connectivity index (χ1n) is 8.48. The average Bonchev–Trinajstić information content (AvgIpc) is 3.27. The number of aliphatic carboxylic acids is 1. The minimum Gasteiger partial charge on any atom is -0.485 e. The van der Waals surface area contributed by atoms with Crippen LogP contribution in [0.2, 0.25) is 0 Å². The van der Waals surface area contributed by atoms with Gasteiger partial charge >= 0.3 is 5.97 Å². The van der Waals surface area contributed by atoms with Crippen molar-refractivity contribution in [1.29, 1.82) is 0 Å². The van der Waals surface area contributed by atoms with Crippen molar-refractivity contribution in [3.8, 4) is 5.75 Å². The molecule has 8 nitrogen and oxygen atoms in total. The van der Waals surface area contributed by atoms with E-state index in [1.165, 1.54) is 0 Å². The van der Waals surface area contributed by atoms with E-state index >= 15 is 0 Å². The first-order chi connectivity index (χ1) is 12.4. The summed E-state index contributed by atoms with van der Waals surface area (Å²) >= 11 is 0. The molecular weight excluding hydrogens is 338 g/mol. The van der Waals surface area contributed by atoms with Crippen LogP contribution in [0.1, 0.15) is 42.3 Å². The second kappa shape index (κ2) is 7.15. The SMILES string of the molecule is CCc1nc(COc2ccc(C(=O)N3CC[C@@](C)(C(=O)O)C3)cc2)no1. The van der Waals surface area contributed by atoms with Crippen molar-refractivity contribution in [3.63, 3.8) is 0 Å². The molecule has 0 aliphatic carbocycles. The number of carboxylic acid groups (broad SMARTS) is 1. The molecule has 1 aromatic carbocycles. The molecule has 26 heavy (non-hydrogen) atoms. The number of amides is 1. The molecule has 1 aromatic heterocycles. The van der Waals surface area contributed by atoms with E-state index in [-0.39, 0.29) is 19.1 Å². The second-order valence-corrected chi connectivity index (χ2v) is 6.61. The summed E-state index contributed by atoms with van der Waals surface area (Å²) in [6, 6.07) is 6.73. The molecule has 2 aromatic rings. The fourth-order valence-electron chi connectivity index (χ4n) is 2.83. The number of rotatable bonds is 6. The summed E-state index contributed by atoms with van der Waals surface area (Å²) in [5.74, 6) is 0.563. The first kappa shape index (κ1) is 17.9. The van der Waals surface area contributed by atoms with Crippen molar-refractivity contribution in [1.82, 2.24) is 15.0 Å². The molecule has 1 aliphatic rings. The smallest absolute Gasteiger partial charge is 0.311 e. The number of carboxylic acids is 1. The van der Waals surface area contributed by atoms with Crippen LogP contribution in [0.15, 0.2) is 28.8 Å². The Morgan fingerprint density at radius 2 is 2.08 bits per heavy atom. The number of nitrogens with zero attached hydrogens (tertiary/aromatic N) is 3. The number of likely N-dealkylation sites (tertiary alicyclic amines) is 1. The lowest BCUT2D eigenvalue weighted by Crippen LogP contribution is -2.34. The van der Waals surface area contributed by atoms with Crippen LogP contribution in [-0.4, -0.2) is 45.1 Å². The molecular formula is C18H21N3O5. The minimum absolute atomic E-state index is 0.174. The average molecular weight is 359 g/mol. The van der Waals surface area contributed by atoms with Crippen molar-refractivity contribution >= 4 is 11.9 Å². The molecule has 1 amide bonds. The number of ether oxygens (including phenoxy) is 1. The van der Waals surface area contributed by atoms with Gasteiger partial charge in [-0.2, -0.15) is 4.98 Å². The Kier molecular flexibility index (Phi) is 4.92. The van der Waals surface area contributed by atoms with Crippen molar-refractivity contribution in [2.75, 3.05) is 13.1 Å². The molecule has 2 heterocycles. The van der Waals surface area contributed by atoms with E-state index in [4.69, 9.17) is 9.26 Å². The van der Waals surface area contributed by atoms with Crippen molar-refractivity contribution < 1.29 is 24.0 Å². The maximum atomic E-state index is 12.5. The summed E-state index contributed by atoms with van der Waals surface area (Å²) < 4.78 is 10.6. The molecule has 1 fully saturated rings. The highest BCUT2D eigenvalue weighted by molar-refractivity contribution is 5.95. The number of aromatic nitrogens is 2. The zero-order valence-electron chi connectivity index (χ0n) is 14.8. The van der Waals surface area contributed by atoms with Crippen LogP contribution in [0, 0.1) is 5.41 Å². The molecule has 8 heteroatoms. The third-order valence-corrected chi connectivity index (χ3v) is 4.56. The van der Waals surface area contributed by atoms with Gasteiger partial charge in [-0.3, -0.25) is 9.59 Å². The van der Waals surface area contributed by atoms with E-state index in [2.05, 4.69) is 10.1 Å². The van der Waals surface area contributed by atoms with E-state index in [0.29, 0.717) is 42.4 Å².